The highest BCUT2D eigenvalue weighted by atomic mass is 32.2. The molecule has 0 unspecified atom stereocenters. The summed E-state index contributed by atoms with van der Waals surface area (Å²) in [6.07, 6.45) is 2.33. The monoisotopic (exact) mass is 723 g/mol. The van der Waals surface area contributed by atoms with Gasteiger partial charge in [0.1, 0.15) is 16.2 Å². The maximum Gasteiger partial charge on any atom is 0.407 e. The van der Waals surface area contributed by atoms with E-state index in [1.807, 2.05) is 30.3 Å². The van der Waals surface area contributed by atoms with E-state index in [1.54, 1.807) is 57.2 Å². The van der Waals surface area contributed by atoms with Crippen molar-refractivity contribution in [3.63, 3.8) is 0 Å². The summed E-state index contributed by atoms with van der Waals surface area (Å²) >= 11 is 0. The largest absolute Gasteiger partial charge is 0.489 e. The number of nitrogens with one attached hydrogen (secondary N) is 2. The van der Waals surface area contributed by atoms with Gasteiger partial charge in [-0.25, -0.2) is 22.7 Å². The standard InChI is InChI=1S/C38H49N3O9S/c1-38(2,3)50-36(44)39-23-10-15-35(43)40-51(47,48)34-21-20-30(25-33(34)49-31-13-8-5-9-14-31)28-18-16-27(17-19-28)22-24-41(37(45)46)26-32(42)29-11-6-4-7-12-29/h4,6-7,11-12,16-21,25,31-32,42H,5,8-10,13-15,22-24,26H2,1-3H3,(H,39,44)(H,40,43)(H,45,46)/t32-/m0/s1. The SMILES string of the molecule is CC(C)(C)OC(=O)NCCCC(=O)NS(=O)(=O)c1ccc(-c2ccc(CCN(C[C@H](O)c3ccccc3)C(=O)O)cc2)cc1OC1CCCCC1. The summed E-state index contributed by atoms with van der Waals surface area (Å²) in [5.41, 5.74) is 2.38. The summed E-state index contributed by atoms with van der Waals surface area (Å²) in [4.78, 5) is 37.4. The highest BCUT2D eigenvalue weighted by Crippen LogP contribution is 2.33. The second-order valence-corrected chi connectivity index (χ2v) is 15.4. The fraction of sp³-hybridized carbons (Fsp3) is 0.447. The number of carbonyl (C=O) groups excluding carboxylic acids is 2. The van der Waals surface area contributed by atoms with E-state index >= 15 is 0 Å². The third-order valence-electron chi connectivity index (χ3n) is 8.38. The van der Waals surface area contributed by atoms with Gasteiger partial charge in [-0.05, 0) is 93.7 Å². The first kappa shape index (κ1) is 39.2. The minimum Gasteiger partial charge on any atom is -0.489 e. The number of sulfonamides is 1. The normalized spacial score (nSPS) is 14.3. The average Bonchev–Trinajstić information content (AvgIpc) is 3.08. The van der Waals surface area contributed by atoms with Crippen LogP contribution in [0.1, 0.15) is 82.9 Å². The lowest BCUT2D eigenvalue weighted by atomic mass is 9.97. The lowest BCUT2D eigenvalue weighted by Gasteiger charge is -2.24. The molecule has 3 aromatic carbocycles. The van der Waals surface area contributed by atoms with E-state index < -0.39 is 39.8 Å². The lowest BCUT2D eigenvalue weighted by molar-refractivity contribution is -0.119. The molecule has 1 saturated carbocycles. The highest BCUT2D eigenvalue weighted by Gasteiger charge is 2.26. The Hall–Kier alpha value is -4.62. The molecule has 3 amide bonds. The molecule has 276 valence electrons. The molecule has 1 aliphatic carbocycles. The van der Waals surface area contributed by atoms with Gasteiger partial charge in [0, 0.05) is 19.5 Å². The van der Waals surface area contributed by atoms with Gasteiger partial charge in [-0.2, -0.15) is 0 Å². The Morgan fingerprint density at radius 1 is 0.941 bits per heavy atom. The topological polar surface area (TPSA) is 172 Å². The van der Waals surface area contributed by atoms with Crippen molar-refractivity contribution in [1.82, 2.24) is 14.9 Å². The number of hydrogen-bond acceptors (Lipinski definition) is 8. The number of aliphatic hydroxyl groups is 1. The molecule has 12 nitrogen and oxygen atoms in total. The van der Waals surface area contributed by atoms with Crippen LogP contribution in [0.25, 0.3) is 11.1 Å². The van der Waals surface area contributed by atoms with Gasteiger partial charge in [-0.1, -0.05) is 67.1 Å². The van der Waals surface area contributed by atoms with Crippen molar-refractivity contribution in [3.8, 4) is 16.9 Å². The number of ether oxygens (including phenoxy) is 2. The third kappa shape index (κ3) is 12.6. The van der Waals surface area contributed by atoms with Crippen LogP contribution in [0, 0.1) is 0 Å². The number of alkyl carbamates (subject to hydrolysis) is 1. The van der Waals surface area contributed by atoms with E-state index in [4.69, 9.17) is 9.47 Å². The first-order valence-corrected chi connectivity index (χ1v) is 18.8. The Kier molecular flexibility index (Phi) is 13.9. The molecule has 0 radical (unpaired) electrons. The number of carboxylic acid groups (broad SMARTS) is 1. The van der Waals surface area contributed by atoms with E-state index in [0.29, 0.717) is 17.5 Å². The highest BCUT2D eigenvalue weighted by molar-refractivity contribution is 7.90. The molecule has 1 atom stereocenters. The second-order valence-electron chi connectivity index (χ2n) is 13.7. The molecule has 0 spiro atoms. The van der Waals surface area contributed by atoms with Crippen LogP contribution in [0.2, 0.25) is 0 Å². The zero-order valence-corrected chi connectivity index (χ0v) is 30.3. The number of hydrogen-bond donors (Lipinski definition) is 4. The Morgan fingerprint density at radius 2 is 1.61 bits per heavy atom. The quantitative estimate of drug-likeness (QED) is 0.129. The molecule has 1 fully saturated rings. The maximum atomic E-state index is 13.5. The first-order chi connectivity index (χ1) is 24.2. The van der Waals surface area contributed by atoms with Crippen LogP contribution in [0.4, 0.5) is 9.59 Å². The Morgan fingerprint density at radius 3 is 2.25 bits per heavy atom. The summed E-state index contributed by atoms with van der Waals surface area (Å²) in [5.74, 6) is -0.551. The summed E-state index contributed by atoms with van der Waals surface area (Å²) < 4.78 is 40.5. The second kappa shape index (κ2) is 18.0. The molecule has 0 heterocycles. The number of benzene rings is 3. The molecule has 1 aliphatic rings. The van der Waals surface area contributed by atoms with Crippen LogP contribution in [-0.2, 0) is 26.0 Å². The van der Waals surface area contributed by atoms with Crippen LogP contribution in [-0.4, -0.2) is 73.0 Å². The number of amides is 3. The van der Waals surface area contributed by atoms with Crippen molar-refractivity contribution in [2.24, 2.45) is 0 Å². The molecule has 13 heteroatoms. The van der Waals surface area contributed by atoms with Gasteiger partial charge in [0.05, 0.1) is 18.8 Å². The molecule has 0 bridgehead atoms. The smallest absolute Gasteiger partial charge is 0.407 e. The minimum absolute atomic E-state index is 0.0534. The van der Waals surface area contributed by atoms with Gasteiger partial charge in [-0.3, -0.25) is 4.79 Å². The molecular weight excluding hydrogens is 674 g/mol. The van der Waals surface area contributed by atoms with E-state index in [0.717, 1.165) is 43.2 Å². The average molecular weight is 724 g/mol. The molecule has 0 aromatic heterocycles. The van der Waals surface area contributed by atoms with Gasteiger partial charge < -0.3 is 29.9 Å². The van der Waals surface area contributed by atoms with Crippen molar-refractivity contribution in [2.45, 2.75) is 94.8 Å². The summed E-state index contributed by atoms with van der Waals surface area (Å²) in [6.45, 7) is 5.49. The number of nitrogens with zero attached hydrogens (tertiary/aromatic N) is 1. The zero-order valence-electron chi connectivity index (χ0n) is 29.5. The molecule has 4 N–H and O–H groups in total. The summed E-state index contributed by atoms with van der Waals surface area (Å²) in [6, 6.07) is 21.2. The van der Waals surface area contributed by atoms with Crippen molar-refractivity contribution < 1.29 is 42.5 Å². The van der Waals surface area contributed by atoms with Crippen LogP contribution >= 0.6 is 0 Å². The third-order valence-corrected chi connectivity index (χ3v) is 9.79. The fourth-order valence-electron chi connectivity index (χ4n) is 5.76. The van der Waals surface area contributed by atoms with Crippen molar-refractivity contribution in [2.75, 3.05) is 19.6 Å². The Labute approximate surface area is 300 Å². The van der Waals surface area contributed by atoms with E-state index in [1.165, 1.54) is 11.0 Å². The van der Waals surface area contributed by atoms with Gasteiger partial charge in [0.25, 0.3) is 10.0 Å². The van der Waals surface area contributed by atoms with E-state index in [9.17, 15) is 33.0 Å². The first-order valence-electron chi connectivity index (χ1n) is 17.3. The Bertz CT molecular complexity index is 1720. The predicted molar refractivity (Wildman–Crippen MR) is 193 cm³/mol. The zero-order chi connectivity index (χ0) is 37.0. The lowest BCUT2D eigenvalue weighted by Crippen LogP contribution is -2.35. The van der Waals surface area contributed by atoms with Crippen molar-refractivity contribution in [3.05, 3.63) is 83.9 Å². The minimum atomic E-state index is -4.28. The van der Waals surface area contributed by atoms with Crippen LogP contribution in [0.15, 0.2) is 77.7 Å². The Balaban J connectivity index is 1.42. The van der Waals surface area contributed by atoms with Gasteiger partial charge in [-0.15, -0.1) is 0 Å². The van der Waals surface area contributed by atoms with Crippen LogP contribution in [0.3, 0.4) is 0 Å². The molecule has 4 rings (SSSR count). The predicted octanol–water partition coefficient (Wildman–Crippen LogP) is 6.43. The van der Waals surface area contributed by atoms with Crippen molar-refractivity contribution >= 4 is 28.1 Å². The van der Waals surface area contributed by atoms with E-state index in [-0.39, 0.29) is 49.2 Å². The van der Waals surface area contributed by atoms with Gasteiger partial charge in [0.15, 0.2) is 0 Å². The van der Waals surface area contributed by atoms with Gasteiger partial charge >= 0.3 is 12.2 Å². The number of rotatable bonds is 15. The molecule has 0 saturated heterocycles. The molecule has 3 aromatic rings. The molecular formula is C38H49N3O9S. The number of carbonyl (C=O) groups is 3. The van der Waals surface area contributed by atoms with E-state index in [2.05, 4.69) is 10.0 Å². The fourth-order valence-corrected chi connectivity index (χ4v) is 6.89. The van der Waals surface area contributed by atoms with Gasteiger partial charge in [0.2, 0.25) is 5.91 Å². The number of aliphatic hydroxyl groups excluding tert-OH is 1. The molecule has 0 aliphatic heterocycles. The van der Waals surface area contributed by atoms with Crippen molar-refractivity contribution in [1.29, 1.82) is 0 Å². The maximum absolute atomic E-state index is 13.5. The molecule has 51 heavy (non-hydrogen) atoms. The van der Waals surface area contributed by atoms with Crippen LogP contribution in [0.5, 0.6) is 5.75 Å². The van der Waals surface area contributed by atoms with Crippen LogP contribution < -0.4 is 14.8 Å². The summed E-state index contributed by atoms with van der Waals surface area (Å²) in [5, 5.41) is 22.8. The summed E-state index contributed by atoms with van der Waals surface area (Å²) in [7, 11) is -4.28.